The maximum atomic E-state index is 11.7. The molecule has 0 saturated carbocycles. The summed E-state index contributed by atoms with van der Waals surface area (Å²) in [7, 11) is 0. The summed E-state index contributed by atoms with van der Waals surface area (Å²) < 4.78 is 16.1. The van der Waals surface area contributed by atoms with Crippen LogP contribution in [0.5, 0.6) is 0 Å². The van der Waals surface area contributed by atoms with Crippen LogP contribution < -0.4 is 0 Å². The van der Waals surface area contributed by atoms with E-state index in [-0.39, 0.29) is 5.78 Å². The van der Waals surface area contributed by atoms with Crippen molar-refractivity contribution in [1.29, 1.82) is 0 Å². The molecular formula is C9H9BrO4. The molecule has 2 rings (SSSR count). The van der Waals surface area contributed by atoms with Gasteiger partial charge in [-0.25, -0.2) is 0 Å². The Morgan fingerprint density at radius 1 is 1.43 bits per heavy atom. The standard InChI is InChI=1S/C9H9BrO4/c10-8-2-1-6(14-8)9(11)7-5-12-3-4-13-7/h1-2,7H,3-5H2. The van der Waals surface area contributed by atoms with Crippen LogP contribution in [0.4, 0.5) is 0 Å². The van der Waals surface area contributed by atoms with E-state index in [1.165, 1.54) is 0 Å². The van der Waals surface area contributed by atoms with Crippen molar-refractivity contribution in [2.75, 3.05) is 19.8 Å². The van der Waals surface area contributed by atoms with Gasteiger partial charge in [0.15, 0.2) is 10.4 Å². The Balaban J connectivity index is 2.07. The van der Waals surface area contributed by atoms with E-state index >= 15 is 0 Å². The first-order valence-corrected chi connectivity index (χ1v) is 5.05. The smallest absolute Gasteiger partial charge is 0.229 e. The molecule has 76 valence electrons. The Kier molecular flexibility index (Phi) is 3.00. The van der Waals surface area contributed by atoms with Gasteiger partial charge < -0.3 is 13.9 Å². The number of halogens is 1. The molecule has 4 nitrogen and oxygen atoms in total. The largest absolute Gasteiger partial charge is 0.446 e. The van der Waals surface area contributed by atoms with Gasteiger partial charge in [-0.05, 0) is 28.1 Å². The minimum absolute atomic E-state index is 0.171. The Morgan fingerprint density at radius 3 is 2.86 bits per heavy atom. The van der Waals surface area contributed by atoms with Crippen molar-refractivity contribution < 1.29 is 18.7 Å². The Hall–Kier alpha value is -0.650. The second-order valence-electron chi connectivity index (χ2n) is 2.90. The van der Waals surface area contributed by atoms with Gasteiger partial charge in [0.05, 0.1) is 19.8 Å². The van der Waals surface area contributed by atoms with Crippen LogP contribution in [-0.2, 0) is 9.47 Å². The lowest BCUT2D eigenvalue weighted by atomic mass is 10.2. The Bertz CT molecular complexity index is 327. The summed E-state index contributed by atoms with van der Waals surface area (Å²) in [4.78, 5) is 11.7. The van der Waals surface area contributed by atoms with Crippen molar-refractivity contribution in [2.24, 2.45) is 0 Å². The SMILES string of the molecule is O=C(c1ccc(Br)o1)C1COCCO1. The zero-order valence-corrected chi connectivity index (χ0v) is 8.95. The summed E-state index contributed by atoms with van der Waals surface area (Å²) in [6.45, 7) is 1.31. The molecule has 5 heteroatoms. The summed E-state index contributed by atoms with van der Waals surface area (Å²) in [6, 6.07) is 3.29. The van der Waals surface area contributed by atoms with Crippen molar-refractivity contribution in [3.8, 4) is 0 Å². The fraction of sp³-hybridized carbons (Fsp3) is 0.444. The molecule has 0 aliphatic carbocycles. The second kappa shape index (κ2) is 4.25. The van der Waals surface area contributed by atoms with Crippen LogP contribution in [0.3, 0.4) is 0 Å². The van der Waals surface area contributed by atoms with Gasteiger partial charge in [0, 0.05) is 0 Å². The van der Waals surface area contributed by atoms with E-state index in [1.807, 2.05) is 0 Å². The third-order valence-corrected chi connectivity index (χ3v) is 2.35. The molecule has 0 aromatic carbocycles. The first-order valence-electron chi connectivity index (χ1n) is 4.26. The molecule has 1 aliphatic rings. The molecule has 1 aliphatic heterocycles. The van der Waals surface area contributed by atoms with E-state index in [2.05, 4.69) is 15.9 Å². The zero-order valence-electron chi connectivity index (χ0n) is 7.36. The second-order valence-corrected chi connectivity index (χ2v) is 3.68. The highest BCUT2D eigenvalue weighted by molar-refractivity contribution is 9.10. The highest BCUT2D eigenvalue weighted by Gasteiger charge is 2.26. The number of furan rings is 1. The number of ether oxygens (including phenoxy) is 2. The van der Waals surface area contributed by atoms with Crippen LogP contribution in [0.15, 0.2) is 21.2 Å². The highest BCUT2D eigenvalue weighted by atomic mass is 79.9. The molecule has 1 fully saturated rings. The molecule has 2 heterocycles. The van der Waals surface area contributed by atoms with E-state index in [9.17, 15) is 4.79 Å². The molecule has 1 aromatic heterocycles. The number of hydrogen-bond acceptors (Lipinski definition) is 4. The van der Waals surface area contributed by atoms with Crippen LogP contribution >= 0.6 is 15.9 Å². The van der Waals surface area contributed by atoms with Gasteiger partial charge in [-0.2, -0.15) is 0 Å². The third-order valence-electron chi connectivity index (χ3n) is 1.92. The molecule has 1 aromatic rings. The third kappa shape index (κ3) is 2.05. The van der Waals surface area contributed by atoms with Gasteiger partial charge >= 0.3 is 0 Å². The minimum Gasteiger partial charge on any atom is -0.446 e. The quantitative estimate of drug-likeness (QED) is 0.759. The van der Waals surface area contributed by atoms with Crippen LogP contribution in [0, 0.1) is 0 Å². The summed E-state index contributed by atoms with van der Waals surface area (Å²) in [5, 5.41) is 0. The summed E-state index contributed by atoms with van der Waals surface area (Å²) in [6.07, 6.45) is -0.526. The van der Waals surface area contributed by atoms with Gasteiger partial charge in [0.2, 0.25) is 5.78 Å². The number of rotatable bonds is 2. The van der Waals surface area contributed by atoms with Gasteiger partial charge in [-0.3, -0.25) is 4.79 Å². The fourth-order valence-electron chi connectivity index (χ4n) is 1.24. The number of carbonyl (C=O) groups excluding carboxylic acids is 1. The molecule has 0 bridgehead atoms. The van der Waals surface area contributed by atoms with Crippen molar-refractivity contribution in [1.82, 2.24) is 0 Å². The van der Waals surface area contributed by atoms with Crippen molar-refractivity contribution >= 4 is 21.7 Å². The maximum Gasteiger partial charge on any atom is 0.229 e. The Labute approximate surface area is 89.3 Å². The molecule has 0 radical (unpaired) electrons. The Morgan fingerprint density at radius 2 is 2.29 bits per heavy atom. The van der Waals surface area contributed by atoms with E-state index in [1.54, 1.807) is 12.1 Å². The van der Waals surface area contributed by atoms with Crippen LogP contribution in [0.2, 0.25) is 0 Å². The number of Topliss-reactive ketones (excluding diaryl/α,β-unsaturated/α-hetero) is 1. The van der Waals surface area contributed by atoms with E-state index in [0.717, 1.165) is 0 Å². The first-order chi connectivity index (χ1) is 6.77. The van der Waals surface area contributed by atoms with Gasteiger partial charge in [0.1, 0.15) is 6.10 Å². The number of carbonyl (C=O) groups is 1. The summed E-state index contributed by atoms with van der Waals surface area (Å²) in [5.41, 5.74) is 0. The van der Waals surface area contributed by atoms with E-state index in [4.69, 9.17) is 13.9 Å². The average Bonchev–Trinajstić information content (AvgIpc) is 2.65. The normalized spacial score (nSPS) is 22.2. The predicted octanol–water partition coefficient (Wildman–Crippen LogP) is 1.64. The van der Waals surface area contributed by atoms with Crippen molar-refractivity contribution in [2.45, 2.75) is 6.10 Å². The lowest BCUT2D eigenvalue weighted by Crippen LogP contribution is -2.35. The van der Waals surface area contributed by atoms with E-state index in [0.29, 0.717) is 30.3 Å². The van der Waals surface area contributed by atoms with E-state index < -0.39 is 6.10 Å². The number of ketones is 1. The van der Waals surface area contributed by atoms with Gasteiger partial charge in [0.25, 0.3) is 0 Å². The average molecular weight is 261 g/mol. The van der Waals surface area contributed by atoms with Crippen molar-refractivity contribution in [3.05, 3.63) is 22.6 Å². The molecule has 14 heavy (non-hydrogen) atoms. The predicted molar refractivity (Wildman–Crippen MR) is 51.3 cm³/mol. The molecule has 1 unspecified atom stereocenters. The maximum absolute atomic E-state index is 11.7. The van der Waals surface area contributed by atoms with Gasteiger partial charge in [-0.15, -0.1) is 0 Å². The lowest BCUT2D eigenvalue weighted by Gasteiger charge is -2.20. The lowest BCUT2D eigenvalue weighted by molar-refractivity contribution is -0.0726. The molecule has 0 spiro atoms. The van der Waals surface area contributed by atoms with Crippen LogP contribution in [0.25, 0.3) is 0 Å². The fourth-order valence-corrected chi connectivity index (χ4v) is 1.55. The van der Waals surface area contributed by atoms with Crippen LogP contribution in [0.1, 0.15) is 10.6 Å². The molecule has 1 saturated heterocycles. The molecule has 0 amide bonds. The highest BCUT2D eigenvalue weighted by Crippen LogP contribution is 2.17. The first kappa shape index (κ1) is 9.89. The van der Waals surface area contributed by atoms with Crippen LogP contribution in [-0.4, -0.2) is 31.7 Å². The zero-order chi connectivity index (χ0) is 9.97. The molecular weight excluding hydrogens is 252 g/mol. The summed E-state index contributed by atoms with van der Waals surface area (Å²) >= 11 is 3.13. The topological polar surface area (TPSA) is 48.7 Å². The number of hydrogen-bond donors (Lipinski definition) is 0. The summed E-state index contributed by atoms with van der Waals surface area (Å²) in [5.74, 6) is 0.128. The van der Waals surface area contributed by atoms with Gasteiger partial charge in [-0.1, -0.05) is 0 Å². The minimum atomic E-state index is -0.526. The van der Waals surface area contributed by atoms with Crippen molar-refractivity contribution in [3.63, 3.8) is 0 Å². The molecule has 1 atom stereocenters. The monoisotopic (exact) mass is 260 g/mol. The molecule has 0 N–H and O–H groups in total.